The summed E-state index contributed by atoms with van der Waals surface area (Å²) in [6.07, 6.45) is 3.27. The van der Waals surface area contributed by atoms with E-state index in [4.69, 9.17) is 4.84 Å². The summed E-state index contributed by atoms with van der Waals surface area (Å²) < 4.78 is 0. The highest BCUT2D eigenvalue weighted by atomic mass is 16.7. The second-order valence-electron chi connectivity index (χ2n) is 5.94. The zero-order valence-corrected chi connectivity index (χ0v) is 14.4. The number of nitrogens with one attached hydrogen (secondary N) is 1. The number of nitro groups is 2. The summed E-state index contributed by atoms with van der Waals surface area (Å²) in [4.78, 5) is 28.8. The molecule has 0 saturated heterocycles. The topological polar surface area (TPSA) is 124 Å². The standard InChI is InChI=1S/C18H16N4O5/c1-12(6-7-13-11-19-16-5-3-2-4-15(13)16)20-27-18-9-8-14(21(23)24)10-17(18)22(25)26/h2-5,8-11,19H,6-7H2,1H3/b20-12+. The number of hydrogen-bond donors (Lipinski definition) is 1. The number of non-ortho nitro benzene ring substituents is 1. The molecule has 0 unspecified atom stereocenters. The molecule has 1 aromatic heterocycles. The minimum atomic E-state index is -0.737. The van der Waals surface area contributed by atoms with Crippen molar-refractivity contribution in [1.82, 2.24) is 4.98 Å². The largest absolute Gasteiger partial charge is 0.361 e. The molecule has 138 valence electrons. The van der Waals surface area contributed by atoms with E-state index < -0.39 is 15.5 Å². The van der Waals surface area contributed by atoms with Crippen molar-refractivity contribution in [1.29, 1.82) is 0 Å². The van der Waals surface area contributed by atoms with Gasteiger partial charge in [0.05, 0.1) is 21.6 Å². The number of H-pyrrole nitrogens is 1. The highest BCUT2D eigenvalue weighted by molar-refractivity contribution is 5.85. The van der Waals surface area contributed by atoms with Crippen LogP contribution >= 0.6 is 0 Å². The summed E-state index contributed by atoms with van der Waals surface area (Å²) >= 11 is 0. The van der Waals surface area contributed by atoms with Gasteiger partial charge in [-0.15, -0.1) is 0 Å². The smallest absolute Gasteiger partial charge is 0.321 e. The van der Waals surface area contributed by atoms with Crippen LogP contribution < -0.4 is 4.84 Å². The molecule has 1 N–H and O–H groups in total. The Hall–Kier alpha value is -3.75. The third-order valence-corrected chi connectivity index (χ3v) is 4.08. The van der Waals surface area contributed by atoms with Gasteiger partial charge in [-0.3, -0.25) is 20.2 Å². The third kappa shape index (κ3) is 4.09. The van der Waals surface area contributed by atoms with Gasteiger partial charge in [-0.2, -0.15) is 0 Å². The van der Waals surface area contributed by atoms with Crippen molar-refractivity contribution in [3.05, 3.63) is 74.5 Å². The van der Waals surface area contributed by atoms with Crippen LogP contribution in [0.4, 0.5) is 11.4 Å². The maximum atomic E-state index is 11.1. The highest BCUT2D eigenvalue weighted by Crippen LogP contribution is 2.31. The predicted octanol–water partition coefficient (Wildman–Crippen LogP) is 4.37. The Morgan fingerprint density at radius 3 is 2.67 bits per heavy atom. The van der Waals surface area contributed by atoms with Gasteiger partial charge in [0.1, 0.15) is 0 Å². The Balaban J connectivity index is 1.70. The van der Waals surface area contributed by atoms with Crippen LogP contribution in [0, 0.1) is 20.2 Å². The maximum Gasteiger partial charge on any atom is 0.321 e. The molecule has 3 aromatic rings. The first-order chi connectivity index (χ1) is 13.0. The number of nitro benzene ring substituents is 2. The van der Waals surface area contributed by atoms with Gasteiger partial charge in [0.15, 0.2) is 0 Å². The van der Waals surface area contributed by atoms with Crippen LogP contribution in [0.2, 0.25) is 0 Å². The van der Waals surface area contributed by atoms with Gasteiger partial charge in [-0.25, -0.2) is 0 Å². The minimum Gasteiger partial charge on any atom is -0.361 e. The zero-order valence-electron chi connectivity index (χ0n) is 14.4. The number of para-hydroxylation sites is 1. The normalized spacial score (nSPS) is 11.5. The Morgan fingerprint density at radius 1 is 1.15 bits per heavy atom. The van der Waals surface area contributed by atoms with Gasteiger partial charge in [0.2, 0.25) is 5.75 Å². The van der Waals surface area contributed by atoms with Crippen molar-refractivity contribution < 1.29 is 14.7 Å². The molecule has 9 nitrogen and oxygen atoms in total. The number of aromatic nitrogens is 1. The molecule has 0 fully saturated rings. The molecule has 0 spiro atoms. The number of nitrogens with zero attached hydrogens (tertiary/aromatic N) is 3. The van der Waals surface area contributed by atoms with Crippen molar-refractivity contribution in [3.63, 3.8) is 0 Å². The molecule has 2 aromatic carbocycles. The van der Waals surface area contributed by atoms with Crippen LogP contribution in [0.15, 0.2) is 53.8 Å². The SMILES string of the molecule is C/C(CCc1c[nH]c2ccccc12)=N\Oc1ccc([N+](=O)[O-])cc1[N+](=O)[O-]. The van der Waals surface area contributed by atoms with Gasteiger partial charge < -0.3 is 9.82 Å². The quantitative estimate of drug-likeness (QED) is 0.377. The van der Waals surface area contributed by atoms with E-state index in [9.17, 15) is 20.2 Å². The van der Waals surface area contributed by atoms with E-state index in [1.54, 1.807) is 6.92 Å². The first kappa shape index (κ1) is 18.1. The van der Waals surface area contributed by atoms with Crippen LogP contribution in [-0.2, 0) is 6.42 Å². The number of aromatic amines is 1. The van der Waals surface area contributed by atoms with Gasteiger partial charge in [-0.1, -0.05) is 23.4 Å². The van der Waals surface area contributed by atoms with Gasteiger partial charge in [0, 0.05) is 23.2 Å². The van der Waals surface area contributed by atoms with E-state index >= 15 is 0 Å². The highest BCUT2D eigenvalue weighted by Gasteiger charge is 2.21. The van der Waals surface area contributed by atoms with E-state index in [2.05, 4.69) is 10.1 Å². The second kappa shape index (κ2) is 7.65. The van der Waals surface area contributed by atoms with Crippen molar-refractivity contribution in [2.24, 2.45) is 5.16 Å². The summed E-state index contributed by atoms with van der Waals surface area (Å²) in [5.41, 5.74) is 1.96. The Kier molecular flexibility index (Phi) is 5.11. The molecule has 0 aliphatic carbocycles. The lowest BCUT2D eigenvalue weighted by molar-refractivity contribution is -0.394. The number of rotatable bonds is 7. The fourth-order valence-electron chi connectivity index (χ4n) is 2.67. The van der Waals surface area contributed by atoms with Crippen molar-refractivity contribution in [2.45, 2.75) is 19.8 Å². The summed E-state index contributed by atoms with van der Waals surface area (Å²) in [7, 11) is 0. The molecule has 0 aliphatic rings. The minimum absolute atomic E-state index is 0.142. The van der Waals surface area contributed by atoms with Crippen LogP contribution in [0.3, 0.4) is 0 Å². The molecule has 0 radical (unpaired) electrons. The number of oxime groups is 1. The third-order valence-electron chi connectivity index (χ3n) is 4.08. The molecule has 1 heterocycles. The molecule has 0 aliphatic heterocycles. The summed E-state index contributed by atoms with van der Waals surface area (Å²) in [6, 6.07) is 11.1. The van der Waals surface area contributed by atoms with Gasteiger partial charge in [-0.05, 0) is 37.5 Å². The number of hydrogen-bond acceptors (Lipinski definition) is 6. The predicted molar refractivity (Wildman–Crippen MR) is 100 cm³/mol. The molecule has 0 bridgehead atoms. The van der Waals surface area contributed by atoms with Crippen LogP contribution in [0.5, 0.6) is 5.75 Å². The molecule has 9 heteroatoms. The van der Waals surface area contributed by atoms with Crippen molar-refractivity contribution in [2.75, 3.05) is 0 Å². The first-order valence-electron chi connectivity index (χ1n) is 8.14. The van der Waals surface area contributed by atoms with Crippen LogP contribution in [-0.4, -0.2) is 20.5 Å². The fraction of sp³-hybridized carbons (Fsp3) is 0.167. The number of benzene rings is 2. The summed E-state index contributed by atoms with van der Waals surface area (Å²) in [6.45, 7) is 1.76. The van der Waals surface area contributed by atoms with Crippen LogP contribution in [0.25, 0.3) is 10.9 Å². The average molecular weight is 368 g/mol. The average Bonchev–Trinajstić information content (AvgIpc) is 3.07. The van der Waals surface area contributed by atoms with E-state index in [1.165, 1.54) is 6.07 Å². The van der Waals surface area contributed by atoms with Crippen molar-refractivity contribution >= 4 is 28.0 Å². The van der Waals surface area contributed by atoms with Gasteiger partial charge in [0.25, 0.3) is 5.69 Å². The molecular weight excluding hydrogens is 352 g/mol. The fourth-order valence-corrected chi connectivity index (χ4v) is 2.67. The first-order valence-corrected chi connectivity index (χ1v) is 8.14. The monoisotopic (exact) mass is 368 g/mol. The molecule has 27 heavy (non-hydrogen) atoms. The molecule has 0 amide bonds. The van der Waals surface area contributed by atoms with E-state index in [-0.39, 0.29) is 11.4 Å². The van der Waals surface area contributed by atoms with E-state index in [1.807, 2.05) is 30.5 Å². The molecule has 0 atom stereocenters. The second-order valence-corrected chi connectivity index (χ2v) is 5.94. The van der Waals surface area contributed by atoms with Crippen LogP contribution in [0.1, 0.15) is 18.9 Å². The Bertz CT molecular complexity index is 1040. The summed E-state index contributed by atoms with van der Waals surface area (Å²) in [5, 5.41) is 26.9. The Labute approximate surface area is 153 Å². The maximum absolute atomic E-state index is 11.1. The lowest BCUT2D eigenvalue weighted by atomic mass is 10.1. The lowest BCUT2D eigenvalue weighted by Crippen LogP contribution is -2.00. The van der Waals surface area contributed by atoms with Crippen molar-refractivity contribution in [3.8, 4) is 5.75 Å². The van der Waals surface area contributed by atoms with E-state index in [0.717, 1.165) is 35.0 Å². The van der Waals surface area contributed by atoms with Gasteiger partial charge >= 0.3 is 5.69 Å². The molecular formula is C18H16N4O5. The lowest BCUT2D eigenvalue weighted by Gasteiger charge is -2.03. The molecule has 3 rings (SSSR count). The summed E-state index contributed by atoms with van der Waals surface area (Å²) in [5.74, 6) is -0.142. The number of fused-ring (bicyclic) bond motifs is 1. The Morgan fingerprint density at radius 2 is 1.93 bits per heavy atom. The zero-order chi connectivity index (χ0) is 19.4. The molecule has 0 saturated carbocycles. The van der Waals surface area contributed by atoms with E-state index in [0.29, 0.717) is 12.1 Å². The number of aryl methyl sites for hydroxylation is 1.